The molecular weight excluding hydrogens is 484 g/mol. The number of nitrogens with zero attached hydrogens (tertiary/aromatic N) is 1. The zero-order valence-corrected chi connectivity index (χ0v) is 27.1. The van der Waals surface area contributed by atoms with E-state index in [2.05, 4.69) is 70.6 Å². The van der Waals surface area contributed by atoms with Gasteiger partial charge in [0.1, 0.15) is 29.6 Å². The van der Waals surface area contributed by atoms with Crippen molar-refractivity contribution in [1.82, 2.24) is 5.32 Å². The Hall–Kier alpha value is -3.08. The third-order valence-corrected chi connectivity index (χ3v) is 6.44. The zero-order valence-electron chi connectivity index (χ0n) is 27.1. The minimum Gasteiger partial charge on any atom is -0.499 e. The molecule has 1 unspecified atom stereocenters. The molecule has 39 heavy (non-hydrogen) atoms. The van der Waals surface area contributed by atoms with Crippen LogP contribution in [0.3, 0.4) is 0 Å². The predicted molar refractivity (Wildman–Crippen MR) is 171 cm³/mol. The van der Waals surface area contributed by atoms with Crippen molar-refractivity contribution in [3.05, 3.63) is 75.9 Å². The predicted octanol–water partition coefficient (Wildman–Crippen LogP) is 8.86. The molecule has 0 aliphatic carbocycles. The van der Waals surface area contributed by atoms with Crippen molar-refractivity contribution in [2.24, 2.45) is 10.9 Å². The Balaban J connectivity index is 0. The van der Waals surface area contributed by atoms with Crippen LogP contribution in [0.5, 0.6) is 5.75 Å². The van der Waals surface area contributed by atoms with Gasteiger partial charge < -0.3 is 19.6 Å². The minimum absolute atomic E-state index is 0.0271. The number of benzene rings is 1. The molecule has 1 aromatic rings. The highest BCUT2D eigenvalue weighted by atomic mass is 16.5. The average molecular weight is 541 g/mol. The summed E-state index contributed by atoms with van der Waals surface area (Å²) in [5, 5.41) is 3.22. The summed E-state index contributed by atoms with van der Waals surface area (Å²) in [6.45, 7) is 26.1. The van der Waals surface area contributed by atoms with E-state index < -0.39 is 0 Å². The zero-order chi connectivity index (χ0) is 30.5. The number of allylic oxidation sites excluding steroid dienone is 5. The second kappa shape index (κ2) is 21.8. The fourth-order valence-electron chi connectivity index (χ4n) is 3.97. The summed E-state index contributed by atoms with van der Waals surface area (Å²) in [5.74, 6) is 2.41. The van der Waals surface area contributed by atoms with E-state index in [0.717, 1.165) is 42.8 Å². The van der Waals surface area contributed by atoms with Gasteiger partial charge in [0.25, 0.3) is 0 Å². The van der Waals surface area contributed by atoms with Crippen LogP contribution in [0, 0.1) is 19.8 Å². The van der Waals surface area contributed by atoms with Crippen molar-refractivity contribution in [3.8, 4) is 5.75 Å². The van der Waals surface area contributed by atoms with Crippen molar-refractivity contribution >= 4 is 12.5 Å². The molecule has 1 aliphatic heterocycles. The number of rotatable bonds is 8. The Morgan fingerprint density at radius 2 is 1.77 bits per heavy atom. The van der Waals surface area contributed by atoms with E-state index in [0.29, 0.717) is 5.92 Å². The fourth-order valence-corrected chi connectivity index (χ4v) is 3.97. The van der Waals surface area contributed by atoms with E-state index in [9.17, 15) is 0 Å². The van der Waals surface area contributed by atoms with Crippen molar-refractivity contribution in [3.63, 3.8) is 0 Å². The van der Waals surface area contributed by atoms with Gasteiger partial charge in [0, 0.05) is 19.0 Å². The Morgan fingerprint density at radius 3 is 2.21 bits per heavy atom. The maximum atomic E-state index is 8.81. The summed E-state index contributed by atoms with van der Waals surface area (Å²) in [6.07, 6.45) is 9.38. The quantitative estimate of drug-likeness (QED) is 0.155. The Labute approximate surface area is 240 Å². The molecule has 0 saturated heterocycles. The summed E-state index contributed by atoms with van der Waals surface area (Å²) in [6, 6.07) is 4.36. The maximum absolute atomic E-state index is 8.81. The van der Waals surface area contributed by atoms with Crippen LogP contribution in [0.2, 0.25) is 0 Å². The molecule has 0 fully saturated rings. The molecule has 1 atom stereocenters. The third kappa shape index (κ3) is 13.0. The number of aldehydes is 1. The van der Waals surface area contributed by atoms with Crippen LogP contribution < -0.4 is 10.1 Å². The lowest BCUT2D eigenvalue weighted by Gasteiger charge is -2.28. The highest BCUT2D eigenvalue weighted by Crippen LogP contribution is 2.33. The lowest BCUT2D eigenvalue weighted by molar-refractivity contribution is -0.106. The molecule has 0 spiro atoms. The van der Waals surface area contributed by atoms with Crippen molar-refractivity contribution in [2.75, 3.05) is 14.2 Å². The molecule has 5 heteroatoms. The van der Waals surface area contributed by atoms with Gasteiger partial charge in [0.2, 0.25) is 0 Å². The smallest absolute Gasteiger partial charge is 0.144 e. The highest BCUT2D eigenvalue weighted by Gasteiger charge is 2.25. The number of fused-ring (bicyclic) bond motifs is 1. The summed E-state index contributed by atoms with van der Waals surface area (Å²) >= 11 is 0. The standard InChI is InChI=1S/C17H23NO2.C13H23N.C2H4O.C2H6/c1-6-18-17(13(4)19-5)15-8-7-14-9-11(2)12(3)10-16(14)20-15;1-7-9-13(14-6)12(8-2)11(5)10(3)4;1-2-3;1-2/h6,9-10,15H,7-8H2,1-5H3;7,9-10,14H,1,8H2,2-6H3;2H,1H3;1-2H3/b17-13+,18-6?;12-11+,13-9+;;. The lowest BCUT2D eigenvalue weighted by Crippen LogP contribution is -2.25. The van der Waals surface area contributed by atoms with Crippen LogP contribution in [-0.2, 0) is 16.0 Å². The Morgan fingerprint density at radius 1 is 1.21 bits per heavy atom. The number of likely N-dealkylation sites (N-methyl/N-ethyl adjacent to an activating group) is 1. The molecule has 1 heterocycles. The van der Waals surface area contributed by atoms with Crippen LogP contribution in [0.4, 0.5) is 0 Å². The number of hydrogen-bond donors (Lipinski definition) is 1. The second-order valence-electron chi connectivity index (χ2n) is 9.19. The molecule has 5 nitrogen and oxygen atoms in total. The number of hydrogen-bond acceptors (Lipinski definition) is 5. The largest absolute Gasteiger partial charge is 0.499 e. The van der Waals surface area contributed by atoms with Gasteiger partial charge in [-0.15, -0.1) is 0 Å². The van der Waals surface area contributed by atoms with E-state index in [1.54, 1.807) is 13.3 Å². The summed E-state index contributed by atoms with van der Waals surface area (Å²) in [7, 11) is 3.63. The lowest BCUT2D eigenvalue weighted by atomic mass is 9.95. The van der Waals surface area contributed by atoms with Crippen molar-refractivity contribution in [1.29, 1.82) is 0 Å². The molecule has 0 radical (unpaired) electrons. The van der Waals surface area contributed by atoms with Gasteiger partial charge in [-0.3, -0.25) is 4.99 Å². The summed E-state index contributed by atoms with van der Waals surface area (Å²) < 4.78 is 11.5. The first-order chi connectivity index (χ1) is 18.6. The SMILES string of the molecule is C=C/C=C(NC)\C(CC)=C(/C)C(C)C.CC.CC=N/C(=C(\C)OC)C1CCc2cc(C)c(C)cc2O1.CC=O. The molecular formula is C34H56N2O3. The summed E-state index contributed by atoms with van der Waals surface area (Å²) in [5.41, 5.74) is 8.81. The van der Waals surface area contributed by atoms with Gasteiger partial charge in [-0.05, 0) is 101 Å². The van der Waals surface area contributed by atoms with Crippen molar-refractivity contribution in [2.45, 2.75) is 102 Å². The van der Waals surface area contributed by atoms with Gasteiger partial charge in [-0.25, -0.2) is 0 Å². The Bertz CT molecular complexity index is 995. The highest BCUT2D eigenvalue weighted by molar-refractivity contribution is 5.56. The fraction of sp³-hybridized carbons (Fsp3) is 0.529. The normalized spacial score (nSPS) is 15.4. The van der Waals surface area contributed by atoms with E-state index in [-0.39, 0.29) is 6.10 Å². The molecule has 0 saturated carbocycles. The number of carbonyl (C=O) groups excluding carboxylic acids is 1. The number of aliphatic imine (C=N–C) groups is 1. The molecule has 220 valence electrons. The molecule has 1 aliphatic rings. The minimum atomic E-state index is -0.0271. The maximum Gasteiger partial charge on any atom is 0.144 e. The number of methoxy groups -OCH3 is 1. The van der Waals surface area contributed by atoms with Gasteiger partial charge >= 0.3 is 0 Å². The summed E-state index contributed by atoms with van der Waals surface area (Å²) in [4.78, 5) is 13.2. The van der Waals surface area contributed by atoms with Gasteiger partial charge in [0.05, 0.1) is 7.11 Å². The number of nitrogens with one attached hydrogen (secondary N) is 1. The number of carbonyl (C=O) groups is 1. The van der Waals surface area contributed by atoms with E-state index in [1.165, 1.54) is 40.5 Å². The first-order valence-electron chi connectivity index (χ1n) is 14.2. The van der Waals surface area contributed by atoms with Gasteiger partial charge in [-0.2, -0.15) is 0 Å². The van der Waals surface area contributed by atoms with Crippen LogP contribution in [0.15, 0.2) is 64.2 Å². The van der Waals surface area contributed by atoms with Crippen LogP contribution in [-0.4, -0.2) is 32.8 Å². The van der Waals surface area contributed by atoms with E-state index in [1.807, 2.05) is 46.9 Å². The first kappa shape index (κ1) is 38.1. The molecule has 0 bridgehead atoms. The van der Waals surface area contributed by atoms with Crippen LogP contribution in [0.1, 0.15) is 91.8 Å². The van der Waals surface area contributed by atoms with E-state index in [4.69, 9.17) is 14.3 Å². The monoisotopic (exact) mass is 540 g/mol. The van der Waals surface area contributed by atoms with E-state index >= 15 is 0 Å². The number of aryl methyl sites for hydroxylation is 3. The van der Waals surface area contributed by atoms with Crippen molar-refractivity contribution < 1.29 is 14.3 Å². The first-order valence-corrected chi connectivity index (χ1v) is 14.2. The topological polar surface area (TPSA) is 59.9 Å². The van der Waals surface area contributed by atoms with Gasteiger partial charge in [0.15, 0.2) is 0 Å². The molecule has 1 N–H and O–H groups in total. The molecule has 2 rings (SSSR count). The molecule has 0 amide bonds. The van der Waals surface area contributed by atoms with Crippen LogP contribution in [0.25, 0.3) is 0 Å². The molecule has 0 aromatic heterocycles. The third-order valence-electron chi connectivity index (χ3n) is 6.44. The molecule has 1 aromatic carbocycles. The Kier molecular flexibility index (Phi) is 21.3. The van der Waals surface area contributed by atoms with Crippen LogP contribution >= 0.6 is 0 Å². The number of ether oxygens (including phenoxy) is 2. The second-order valence-corrected chi connectivity index (χ2v) is 9.19. The van der Waals surface area contributed by atoms with Gasteiger partial charge in [-0.1, -0.05) is 58.9 Å². The average Bonchev–Trinajstić information content (AvgIpc) is 2.93.